The standard InChI is InChI=1S/C20H23BO4/c1-14(2)12-24-20-10-17(7-8-19(20)23-3)15-5-4-6-16(9-15)18-11-21(22)25-13-18/h4-10,13-14,22H,11-12H2,1-3H3. The Morgan fingerprint density at radius 1 is 1.08 bits per heavy atom. The molecule has 0 amide bonds. The van der Waals surface area contributed by atoms with Crippen molar-refractivity contribution in [3.63, 3.8) is 0 Å². The lowest BCUT2D eigenvalue weighted by molar-refractivity contribution is 0.257. The third-order valence-corrected chi connectivity index (χ3v) is 4.06. The van der Waals surface area contributed by atoms with Gasteiger partial charge >= 0.3 is 7.12 Å². The first-order valence-electron chi connectivity index (χ1n) is 8.51. The molecule has 0 aliphatic carbocycles. The van der Waals surface area contributed by atoms with E-state index in [-0.39, 0.29) is 0 Å². The van der Waals surface area contributed by atoms with Gasteiger partial charge in [0.25, 0.3) is 0 Å². The Hall–Kier alpha value is -2.40. The van der Waals surface area contributed by atoms with Gasteiger partial charge < -0.3 is 19.2 Å². The molecule has 1 aliphatic heterocycles. The zero-order valence-corrected chi connectivity index (χ0v) is 14.9. The third-order valence-electron chi connectivity index (χ3n) is 4.06. The molecule has 0 fully saturated rings. The monoisotopic (exact) mass is 338 g/mol. The highest BCUT2D eigenvalue weighted by atomic mass is 16.5. The van der Waals surface area contributed by atoms with Crippen LogP contribution >= 0.6 is 0 Å². The van der Waals surface area contributed by atoms with E-state index in [0.717, 1.165) is 33.8 Å². The topological polar surface area (TPSA) is 47.9 Å². The van der Waals surface area contributed by atoms with Crippen molar-refractivity contribution in [3.05, 3.63) is 54.3 Å². The summed E-state index contributed by atoms with van der Waals surface area (Å²) in [5.74, 6) is 1.92. The number of rotatable bonds is 6. The van der Waals surface area contributed by atoms with Gasteiger partial charge in [-0.15, -0.1) is 0 Å². The van der Waals surface area contributed by atoms with Crippen LogP contribution in [0, 0.1) is 5.92 Å². The van der Waals surface area contributed by atoms with Gasteiger partial charge in [-0.2, -0.15) is 0 Å². The van der Waals surface area contributed by atoms with Crippen LogP contribution in [0.4, 0.5) is 0 Å². The minimum atomic E-state index is -0.740. The van der Waals surface area contributed by atoms with Crippen molar-refractivity contribution in [3.8, 4) is 22.6 Å². The minimum Gasteiger partial charge on any atom is -0.542 e. The zero-order chi connectivity index (χ0) is 17.8. The highest BCUT2D eigenvalue weighted by Gasteiger charge is 2.23. The number of benzene rings is 2. The van der Waals surface area contributed by atoms with Gasteiger partial charge in [-0.3, -0.25) is 0 Å². The van der Waals surface area contributed by atoms with E-state index in [1.807, 2.05) is 30.3 Å². The Morgan fingerprint density at radius 3 is 2.52 bits per heavy atom. The van der Waals surface area contributed by atoms with E-state index in [0.29, 0.717) is 18.8 Å². The molecule has 4 nitrogen and oxygen atoms in total. The van der Waals surface area contributed by atoms with Crippen LogP contribution < -0.4 is 9.47 Å². The average Bonchev–Trinajstić information content (AvgIpc) is 3.06. The summed E-state index contributed by atoms with van der Waals surface area (Å²) >= 11 is 0. The summed E-state index contributed by atoms with van der Waals surface area (Å²) in [7, 11) is 0.908. The lowest BCUT2D eigenvalue weighted by Gasteiger charge is -2.14. The highest BCUT2D eigenvalue weighted by molar-refractivity contribution is 6.47. The molecule has 1 N–H and O–H groups in total. The van der Waals surface area contributed by atoms with E-state index in [1.165, 1.54) is 0 Å². The van der Waals surface area contributed by atoms with Crippen molar-refractivity contribution in [2.24, 2.45) is 5.92 Å². The molecule has 2 aromatic rings. The van der Waals surface area contributed by atoms with E-state index in [4.69, 9.17) is 14.1 Å². The largest absolute Gasteiger partial charge is 0.542 e. The molecule has 1 aliphatic rings. The number of allylic oxidation sites excluding steroid dienone is 1. The second-order valence-corrected chi connectivity index (χ2v) is 6.59. The molecule has 5 heteroatoms. The van der Waals surface area contributed by atoms with Gasteiger partial charge in [0, 0.05) is 6.32 Å². The van der Waals surface area contributed by atoms with Gasteiger partial charge in [-0.05, 0) is 46.4 Å². The van der Waals surface area contributed by atoms with Crippen molar-refractivity contribution in [1.82, 2.24) is 0 Å². The van der Waals surface area contributed by atoms with Crippen LogP contribution in [0.2, 0.25) is 6.32 Å². The van der Waals surface area contributed by atoms with E-state index >= 15 is 0 Å². The maximum atomic E-state index is 9.54. The Balaban J connectivity index is 1.89. The first-order valence-corrected chi connectivity index (χ1v) is 8.51. The lowest BCUT2D eigenvalue weighted by atomic mass is 9.81. The number of methoxy groups -OCH3 is 1. The fraction of sp³-hybridized carbons (Fsp3) is 0.300. The molecule has 0 bridgehead atoms. The van der Waals surface area contributed by atoms with Crippen LogP contribution in [0.3, 0.4) is 0 Å². The average molecular weight is 338 g/mol. The highest BCUT2D eigenvalue weighted by Crippen LogP contribution is 2.34. The normalized spacial score (nSPS) is 13.6. The maximum Gasteiger partial charge on any atom is 0.526 e. The van der Waals surface area contributed by atoms with Crippen LogP contribution in [-0.4, -0.2) is 25.9 Å². The zero-order valence-electron chi connectivity index (χ0n) is 14.9. The lowest BCUT2D eigenvalue weighted by Crippen LogP contribution is -2.08. The van der Waals surface area contributed by atoms with Crippen molar-refractivity contribution < 1.29 is 19.2 Å². The summed E-state index contributed by atoms with van der Waals surface area (Å²) < 4.78 is 16.4. The van der Waals surface area contributed by atoms with E-state index in [9.17, 15) is 5.02 Å². The molecular weight excluding hydrogens is 315 g/mol. The summed E-state index contributed by atoms with van der Waals surface area (Å²) in [5.41, 5.74) is 4.19. The second-order valence-electron chi connectivity index (χ2n) is 6.59. The van der Waals surface area contributed by atoms with Crippen molar-refractivity contribution in [2.45, 2.75) is 20.2 Å². The Morgan fingerprint density at radius 2 is 1.84 bits per heavy atom. The predicted octanol–water partition coefficient (Wildman–Crippen LogP) is 4.25. The summed E-state index contributed by atoms with van der Waals surface area (Å²) in [6.45, 7) is 4.87. The van der Waals surface area contributed by atoms with Crippen molar-refractivity contribution in [1.29, 1.82) is 0 Å². The summed E-state index contributed by atoms with van der Waals surface area (Å²) in [6.07, 6.45) is 2.14. The first kappa shape index (κ1) is 17.4. The number of hydrogen-bond acceptors (Lipinski definition) is 4. The van der Waals surface area contributed by atoms with E-state index in [2.05, 4.69) is 26.0 Å². The van der Waals surface area contributed by atoms with E-state index < -0.39 is 7.12 Å². The van der Waals surface area contributed by atoms with Crippen LogP contribution in [0.15, 0.2) is 48.7 Å². The Bertz CT molecular complexity index is 770. The van der Waals surface area contributed by atoms with Crippen LogP contribution in [0.1, 0.15) is 19.4 Å². The van der Waals surface area contributed by atoms with Gasteiger partial charge in [0.15, 0.2) is 11.5 Å². The molecule has 0 spiro atoms. The molecule has 0 aromatic heterocycles. The molecule has 0 atom stereocenters. The number of hydrogen-bond donors (Lipinski definition) is 1. The fourth-order valence-electron chi connectivity index (χ4n) is 2.75. The van der Waals surface area contributed by atoms with Crippen molar-refractivity contribution >= 4 is 12.7 Å². The minimum absolute atomic E-state index is 0.442. The Labute approximate surface area is 149 Å². The molecule has 1 heterocycles. The molecule has 0 saturated carbocycles. The van der Waals surface area contributed by atoms with Crippen LogP contribution in [0.5, 0.6) is 11.5 Å². The van der Waals surface area contributed by atoms with Gasteiger partial charge in [0.1, 0.15) is 0 Å². The van der Waals surface area contributed by atoms with Gasteiger partial charge in [0.2, 0.25) is 0 Å². The van der Waals surface area contributed by atoms with Crippen molar-refractivity contribution in [2.75, 3.05) is 13.7 Å². The second kappa shape index (κ2) is 7.66. The summed E-state index contributed by atoms with van der Waals surface area (Å²) in [6, 6.07) is 14.2. The smallest absolute Gasteiger partial charge is 0.526 e. The first-order chi connectivity index (χ1) is 12.1. The summed E-state index contributed by atoms with van der Waals surface area (Å²) in [5, 5.41) is 9.54. The fourth-order valence-corrected chi connectivity index (χ4v) is 2.75. The molecule has 0 unspecified atom stereocenters. The van der Waals surface area contributed by atoms with Crippen LogP contribution in [0.25, 0.3) is 16.7 Å². The SMILES string of the molecule is COc1ccc(-c2cccc(C3=COB(O)C3)c2)cc1OCC(C)C. The van der Waals surface area contributed by atoms with E-state index in [1.54, 1.807) is 13.4 Å². The van der Waals surface area contributed by atoms with Gasteiger partial charge in [-0.1, -0.05) is 38.1 Å². The quantitative estimate of drug-likeness (QED) is 0.800. The molecule has 0 radical (unpaired) electrons. The molecule has 130 valence electrons. The molecule has 0 saturated heterocycles. The molecule has 3 rings (SSSR count). The molecule has 2 aromatic carbocycles. The van der Waals surface area contributed by atoms with Gasteiger partial charge in [-0.25, -0.2) is 0 Å². The molecule has 25 heavy (non-hydrogen) atoms. The predicted molar refractivity (Wildman–Crippen MR) is 101 cm³/mol. The van der Waals surface area contributed by atoms with Gasteiger partial charge in [0.05, 0.1) is 20.0 Å². The van der Waals surface area contributed by atoms with Crippen LogP contribution in [-0.2, 0) is 4.65 Å². The third kappa shape index (κ3) is 4.17. The Kier molecular flexibility index (Phi) is 5.34. The maximum absolute atomic E-state index is 9.54. The summed E-state index contributed by atoms with van der Waals surface area (Å²) in [4.78, 5) is 0. The molecular formula is C20H23BO4. The number of ether oxygens (including phenoxy) is 2.